The molecule has 1 aliphatic rings. The number of methoxy groups -OCH3 is 1. The van der Waals surface area contributed by atoms with Crippen LogP contribution in [0.3, 0.4) is 0 Å². The summed E-state index contributed by atoms with van der Waals surface area (Å²) in [5.74, 6) is -1.48. The van der Waals surface area contributed by atoms with Crippen molar-refractivity contribution in [3.05, 3.63) is 53.3 Å². The summed E-state index contributed by atoms with van der Waals surface area (Å²) in [5, 5.41) is 0. The largest absolute Gasteiger partial charge is 0.495 e. The van der Waals surface area contributed by atoms with Crippen molar-refractivity contribution in [2.24, 2.45) is 0 Å². The van der Waals surface area contributed by atoms with Crippen molar-refractivity contribution in [3.63, 3.8) is 0 Å². The molecule has 1 heterocycles. The highest BCUT2D eigenvalue weighted by atomic mass is 32.2. The lowest BCUT2D eigenvalue weighted by molar-refractivity contribution is -0.138. The number of anilines is 1. The fourth-order valence-corrected chi connectivity index (χ4v) is 5.77. The van der Waals surface area contributed by atoms with Crippen molar-refractivity contribution in [2.75, 3.05) is 45.2 Å². The third-order valence-corrected chi connectivity index (χ3v) is 8.32. The van der Waals surface area contributed by atoms with E-state index >= 15 is 0 Å². The van der Waals surface area contributed by atoms with Crippen LogP contribution < -0.4 is 9.64 Å². The van der Waals surface area contributed by atoms with Crippen LogP contribution in [0.5, 0.6) is 5.75 Å². The molecule has 7 nitrogen and oxygen atoms in total. The summed E-state index contributed by atoms with van der Waals surface area (Å²) >= 11 is 0. The molecule has 2 aromatic rings. The number of benzene rings is 2. The third-order valence-electron chi connectivity index (χ3n) is 6.47. The summed E-state index contributed by atoms with van der Waals surface area (Å²) in [7, 11) is -0.776. The van der Waals surface area contributed by atoms with Gasteiger partial charge in [0.05, 0.1) is 28.8 Å². The normalized spacial score (nSPS) is 16.8. The molecule has 1 atom stereocenters. The van der Waals surface area contributed by atoms with Crippen LogP contribution in [0.2, 0.25) is 0 Å². The third kappa shape index (κ3) is 6.01. The summed E-state index contributed by atoms with van der Waals surface area (Å²) in [6.45, 7) is 4.51. The fraction of sp³-hybridized carbons (Fsp3) is 0.480. The van der Waals surface area contributed by atoms with Crippen molar-refractivity contribution < 1.29 is 35.5 Å². The predicted molar refractivity (Wildman–Crippen MR) is 132 cm³/mol. The van der Waals surface area contributed by atoms with Crippen LogP contribution in [0.25, 0.3) is 0 Å². The molecule has 0 N–H and O–H groups in total. The van der Waals surface area contributed by atoms with E-state index in [9.17, 15) is 30.8 Å². The molecule has 12 heteroatoms. The maximum atomic E-state index is 13.5. The van der Waals surface area contributed by atoms with Gasteiger partial charge < -0.3 is 14.5 Å². The Morgan fingerprint density at radius 2 is 1.84 bits per heavy atom. The molecule has 1 amide bonds. The van der Waals surface area contributed by atoms with Gasteiger partial charge in [0.2, 0.25) is 10.0 Å². The molecule has 0 radical (unpaired) electrons. The standard InChI is InChI=1S/C25H31F4N3O4S/c1-5-11-30(3)37(34,35)19-8-10-23(36-4)22(15-19)32-13-12-31(16-18(32)6-2)24(33)20-9-7-17(26)14-21(20)25(27,28)29/h7-10,14-15,18H,5-6,11-13,16H2,1-4H3. The monoisotopic (exact) mass is 545 g/mol. The van der Waals surface area contributed by atoms with Gasteiger partial charge in [-0.3, -0.25) is 4.79 Å². The molecule has 0 saturated carbocycles. The van der Waals surface area contributed by atoms with Crippen LogP contribution in [0.1, 0.15) is 42.6 Å². The average molecular weight is 546 g/mol. The van der Waals surface area contributed by atoms with Crippen molar-refractivity contribution in [3.8, 4) is 5.75 Å². The minimum atomic E-state index is -4.89. The van der Waals surface area contributed by atoms with Crippen molar-refractivity contribution >= 4 is 21.6 Å². The number of nitrogens with zero attached hydrogens (tertiary/aromatic N) is 3. The average Bonchev–Trinajstić information content (AvgIpc) is 2.87. The Balaban J connectivity index is 1.93. The van der Waals surface area contributed by atoms with Crippen LogP contribution >= 0.6 is 0 Å². The number of alkyl halides is 3. The second-order valence-electron chi connectivity index (χ2n) is 8.85. The summed E-state index contributed by atoms with van der Waals surface area (Å²) in [6, 6.07) is 6.26. The van der Waals surface area contributed by atoms with Gasteiger partial charge in [-0.15, -0.1) is 0 Å². The van der Waals surface area contributed by atoms with Crippen LogP contribution in [0.4, 0.5) is 23.2 Å². The molecule has 0 aromatic heterocycles. The maximum absolute atomic E-state index is 13.5. The van der Waals surface area contributed by atoms with Crippen molar-refractivity contribution in [1.82, 2.24) is 9.21 Å². The first kappa shape index (κ1) is 28.7. The van der Waals surface area contributed by atoms with Crippen LogP contribution in [0, 0.1) is 5.82 Å². The highest BCUT2D eigenvalue weighted by Crippen LogP contribution is 2.36. The highest BCUT2D eigenvalue weighted by molar-refractivity contribution is 7.89. The van der Waals surface area contributed by atoms with E-state index in [1.165, 1.54) is 35.5 Å². The van der Waals surface area contributed by atoms with Crippen molar-refractivity contribution in [1.29, 1.82) is 0 Å². The lowest BCUT2D eigenvalue weighted by Crippen LogP contribution is -2.55. The summed E-state index contributed by atoms with van der Waals surface area (Å²) in [5.41, 5.74) is -1.41. The van der Waals surface area contributed by atoms with E-state index in [0.29, 0.717) is 36.9 Å². The van der Waals surface area contributed by atoms with Gasteiger partial charge in [-0.2, -0.15) is 13.2 Å². The summed E-state index contributed by atoms with van der Waals surface area (Å²) in [4.78, 5) is 16.4. The van der Waals surface area contributed by atoms with E-state index in [2.05, 4.69) is 0 Å². The van der Waals surface area contributed by atoms with Gasteiger partial charge >= 0.3 is 6.18 Å². The molecular formula is C25H31F4N3O4S. The van der Waals surface area contributed by atoms with Gasteiger partial charge in [-0.1, -0.05) is 13.8 Å². The molecule has 37 heavy (non-hydrogen) atoms. The minimum Gasteiger partial charge on any atom is -0.495 e. The first-order valence-corrected chi connectivity index (χ1v) is 13.4. The molecule has 1 unspecified atom stereocenters. The van der Waals surface area contributed by atoms with Crippen LogP contribution in [0.15, 0.2) is 41.3 Å². The number of hydrogen-bond acceptors (Lipinski definition) is 5. The number of rotatable bonds is 8. The molecule has 204 valence electrons. The molecule has 1 fully saturated rings. The van der Waals surface area contributed by atoms with E-state index in [1.54, 1.807) is 6.07 Å². The molecular weight excluding hydrogens is 514 g/mol. The van der Waals surface area contributed by atoms with E-state index in [4.69, 9.17) is 4.74 Å². The number of sulfonamides is 1. The quantitative estimate of drug-likeness (QED) is 0.453. The number of ether oxygens (including phenoxy) is 1. The van der Waals surface area contributed by atoms with Gasteiger partial charge in [-0.25, -0.2) is 17.1 Å². The van der Waals surface area contributed by atoms with Crippen LogP contribution in [-0.4, -0.2) is 69.9 Å². The second-order valence-corrected chi connectivity index (χ2v) is 10.9. The zero-order valence-corrected chi connectivity index (χ0v) is 22.0. The molecule has 0 aliphatic carbocycles. The highest BCUT2D eigenvalue weighted by Gasteiger charge is 2.38. The first-order chi connectivity index (χ1) is 17.3. The van der Waals surface area contributed by atoms with E-state index in [1.807, 2.05) is 18.7 Å². The molecule has 0 spiro atoms. The summed E-state index contributed by atoms with van der Waals surface area (Å²) < 4.78 is 86.8. The predicted octanol–water partition coefficient (Wildman–Crippen LogP) is 4.62. The Hall–Kier alpha value is -2.86. The SMILES string of the molecule is CCCN(C)S(=O)(=O)c1ccc(OC)c(N2CCN(C(=O)c3ccc(F)cc3C(F)(F)F)CC2CC)c1. The van der Waals surface area contributed by atoms with E-state index in [-0.39, 0.29) is 30.6 Å². The van der Waals surface area contributed by atoms with Gasteiger partial charge in [0.15, 0.2) is 0 Å². The fourth-order valence-electron chi connectivity index (χ4n) is 4.48. The topological polar surface area (TPSA) is 70.2 Å². The zero-order valence-electron chi connectivity index (χ0n) is 21.2. The van der Waals surface area contributed by atoms with Gasteiger partial charge in [0, 0.05) is 39.3 Å². The van der Waals surface area contributed by atoms with Gasteiger partial charge in [-0.05, 0) is 49.2 Å². The number of carbonyl (C=O) groups excluding carboxylic acids is 1. The second kappa shape index (κ2) is 11.3. The first-order valence-electron chi connectivity index (χ1n) is 11.9. The van der Waals surface area contributed by atoms with Crippen LogP contribution in [-0.2, 0) is 16.2 Å². The maximum Gasteiger partial charge on any atom is 0.417 e. The number of hydrogen-bond donors (Lipinski definition) is 0. The van der Waals surface area contributed by atoms with E-state index < -0.39 is 39.1 Å². The smallest absolute Gasteiger partial charge is 0.417 e. The van der Waals surface area contributed by atoms with Gasteiger partial charge in [0.1, 0.15) is 11.6 Å². The zero-order chi connectivity index (χ0) is 27.5. The number of halogens is 4. The van der Waals surface area contributed by atoms with E-state index in [0.717, 1.165) is 12.1 Å². The molecule has 0 bridgehead atoms. The summed E-state index contributed by atoms with van der Waals surface area (Å²) in [6.07, 6.45) is -3.71. The number of carbonyl (C=O) groups is 1. The Kier molecular flexibility index (Phi) is 8.74. The number of amides is 1. The minimum absolute atomic E-state index is 0.0832. The molecule has 3 rings (SSSR count). The Morgan fingerprint density at radius 3 is 2.43 bits per heavy atom. The Bertz CT molecular complexity index is 1240. The molecule has 2 aromatic carbocycles. The van der Waals surface area contributed by atoms with Crippen molar-refractivity contribution in [2.45, 2.75) is 43.8 Å². The Morgan fingerprint density at radius 1 is 1.14 bits per heavy atom. The lowest BCUT2D eigenvalue weighted by atomic mass is 10.0. The Labute approximate surface area is 214 Å². The molecule has 1 saturated heterocycles. The number of piperazine rings is 1. The lowest BCUT2D eigenvalue weighted by Gasteiger charge is -2.43. The van der Waals surface area contributed by atoms with Gasteiger partial charge in [0.25, 0.3) is 5.91 Å². The molecule has 1 aliphatic heterocycles.